The second-order valence-electron chi connectivity index (χ2n) is 9.07. The molecule has 2 aromatic heterocycles. The highest BCUT2D eigenvalue weighted by Gasteiger charge is 2.57. The average Bonchev–Trinajstić information content (AvgIpc) is 3.48. The molecule has 4 rings (SSSR count). The number of aromatic nitrogens is 4. The van der Waals surface area contributed by atoms with Gasteiger partial charge in [0.05, 0.1) is 18.2 Å². The van der Waals surface area contributed by atoms with E-state index in [-0.39, 0.29) is 54.7 Å². The highest BCUT2D eigenvalue weighted by molar-refractivity contribution is 5.95. The lowest BCUT2D eigenvalue weighted by Crippen LogP contribution is -2.38. The van der Waals surface area contributed by atoms with E-state index in [1.165, 1.54) is 0 Å². The molecule has 2 fully saturated rings. The molecule has 2 atom stereocenters. The fourth-order valence-corrected chi connectivity index (χ4v) is 3.90. The highest BCUT2D eigenvalue weighted by atomic mass is 19.3. The van der Waals surface area contributed by atoms with Crippen LogP contribution in [0.5, 0.6) is 6.01 Å². The molecule has 0 spiro atoms. The number of nitrogen functional groups attached to an aromatic ring is 1. The molecule has 3 heterocycles. The summed E-state index contributed by atoms with van der Waals surface area (Å²) in [5, 5.41) is 11.8. The summed E-state index contributed by atoms with van der Waals surface area (Å²) >= 11 is 0. The Kier molecular flexibility index (Phi) is 7.15. The first-order valence-corrected chi connectivity index (χ1v) is 11.6. The number of hydrogen-bond acceptors (Lipinski definition) is 10. The molecule has 0 bridgehead atoms. The molecule has 1 saturated carbocycles. The Balaban J connectivity index is 1.49. The number of alkyl halides is 2. The van der Waals surface area contributed by atoms with Crippen molar-refractivity contribution in [3.05, 3.63) is 29.3 Å². The first kappa shape index (κ1) is 25.4. The third kappa shape index (κ3) is 5.75. The van der Waals surface area contributed by atoms with Crippen LogP contribution in [0.15, 0.2) is 12.1 Å². The summed E-state index contributed by atoms with van der Waals surface area (Å²) in [7, 11) is 0. The lowest BCUT2D eigenvalue weighted by atomic mass is 9.93. The molecule has 194 valence electrons. The molecule has 2 aliphatic rings. The van der Waals surface area contributed by atoms with Gasteiger partial charge in [-0.25, -0.2) is 13.8 Å². The van der Waals surface area contributed by atoms with Crippen molar-refractivity contribution in [3.63, 3.8) is 0 Å². The van der Waals surface area contributed by atoms with Gasteiger partial charge in [-0.05, 0) is 31.9 Å². The number of nitrogens with two attached hydrogens (primary N) is 2. The predicted molar refractivity (Wildman–Crippen MR) is 124 cm³/mol. The van der Waals surface area contributed by atoms with Gasteiger partial charge in [-0.1, -0.05) is 0 Å². The molecule has 2 amide bonds. The van der Waals surface area contributed by atoms with E-state index in [9.17, 15) is 23.5 Å². The van der Waals surface area contributed by atoms with Gasteiger partial charge < -0.3 is 31.5 Å². The number of ether oxygens (including phenoxy) is 1. The van der Waals surface area contributed by atoms with Crippen molar-refractivity contribution in [3.8, 4) is 6.01 Å². The smallest absolute Gasteiger partial charge is 0.321 e. The van der Waals surface area contributed by atoms with Crippen molar-refractivity contribution in [1.82, 2.24) is 25.3 Å². The highest BCUT2D eigenvalue weighted by Crippen LogP contribution is 2.48. The molecule has 1 saturated heterocycles. The summed E-state index contributed by atoms with van der Waals surface area (Å²) < 4.78 is 31.9. The monoisotopic (exact) mass is 506 g/mol. The molecule has 1 aliphatic carbocycles. The zero-order chi connectivity index (χ0) is 26.0. The SMILES string of the molecule is C[C@H](CO)NC(=O)c1nc(OCC2CC2(F)F)nc(N2CCC(c3ccc(N)c(C(N)=O)n3)CC2)n1. The standard InChI is InChI=1S/C22H28F2N8O4/c1-11(9-33)27-19(35)18-29-20(31-21(30-18)36-10-13-8-22(13,23)24)32-6-4-12(5-7-32)15-3-2-14(25)16(28-15)17(26)34/h2-3,11-13,33H,4-10,25H2,1H3,(H2,26,34)(H,27,35)/t11-,13?/m1/s1. The fraction of sp³-hybridized carbons (Fsp3) is 0.545. The molecule has 1 aliphatic heterocycles. The second-order valence-corrected chi connectivity index (χ2v) is 9.07. The predicted octanol–water partition coefficient (Wildman–Crippen LogP) is 0.476. The van der Waals surface area contributed by atoms with E-state index in [2.05, 4.69) is 25.3 Å². The van der Waals surface area contributed by atoms with Gasteiger partial charge in [0, 0.05) is 37.2 Å². The van der Waals surface area contributed by atoms with E-state index in [1.807, 2.05) is 4.90 Å². The number of halogens is 2. The minimum Gasteiger partial charge on any atom is -0.463 e. The summed E-state index contributed by atoms with van der Waals surface area (Å²) in [5.41, 5.74) is 12.1. The Bertz CT molecular complexity index is 1140. The number of anilines is 2. The maximum Gasteiger partial charge on any atom is 0.321 e. The van der Waals surface area contributed by atoms with E-state index < -0.39 is 29.7 Å². The number of piperidine rings is 1. The molecule has 0 aromatic carbocycles. The number of rotatable bonds is 9. The van der Waals surface area contributed by atoms with E-state index in [1.54, 1.807) is 19.1 Å². The maximum absolute atomic E-state index is 13.3. The van der Waals surface area contributed by atoms with E-state index in [0.717, 1.165) is 0 Å². The molecule has 36 heavy (non-hydrogen) atoms. The first-order valence-electron chi connectivity index (χ1n) is 11.6. The Morgan fingerprint density at radius 3 is 2.56 bits per heavy atom. The van der Waals surface area contributed by atoms with Crippen molar-refractivity contribution < 1.29 is 28.2 Å². The molecular weight excluding hydrogens is 478 g/mol. The lowest BCUT2D eigenvalue weighted by molar-refractivity contribution is 0.0833. The zero-order valence-electron chi connectivity index (χ0n) is 19.7. The molecule has 1 unspecified atom stereocenters. The van der Waals surface area contributed by atoms with E-state index in [0.29, 0.717) is 31.6 Å². The van der Waals surface area contributed by atoms with Crippen LogP contribution in [0.1, 0.15) is 58.9 Å². The summed E-state index contributed by atoms with van der Waals surface area (Å²) in [6, 6.07) is 2.60. The zero-order valence-corrected chi connectivity index (χ0v) is 19.7. The van der Waals surface area contributed by atoms with Crippen LogP contribution in [0.3, 0.4) is 0 Å². The van der Waals surface area contributed by atoms with Crippen LogP contribution in [-0.2, 0) is 0 Å². The Labute approximate surface area is 205 Å². The average molecular weight is 507 g/mol. The van der Waals surface area contributed by atoms with Crippen LogP contribution < -0.4 is 26.4 Å². The van der Waals surface area contributed by atoms with Crippen LogP contribution in [0.25, 0.3) is 0 Å². The topological polar surface area (TPSA) is 182 Å². The second kappa shape index (κ2) is 10.1. The minimum atomic E-state index is -2.76. The van der Waals surface area contributed by atoms with Crippen LogP contribution in [0.4, 0.5) is 20.4 Å². The van der Waals surface area contributed by atoms with E-state index in [4.69, 9.17) is 16.2 Å². The first-order chi connectivity index (χ1) is 17.1. The number of amides is 2. The minimum absolute atomic E-state index is 0.0304. The number of carbonyl (C=O) groups excluding carboxylic acids is 2. The van der Waals surface area contributed by atoms with Crippen LogP contribution >= 0.6 is 0 Å². The summed E-state index contributed by atoms with van der Waals surface area (Å²) in [4.78, 5) is 42.8. The third-order valence-corrected chi connectivity index (χ3v) is 6.20. The molecular formula is C22H28F2N8O4. The number of aliphatic hydroxyl groups excluding tert-OH is 1. The van der Waals surface area contributed by atoms with Crippen molar-refractivity contribution in [2.24, 2.45) is 11.7 Å². The molecule has 2 aromatic rings. The lowest BCUT2D eigenvalue weighted by Gasteiger charge is -2.32. The van der Waals surface area contributed by atoms with Gasteiger partial charge >= 0.3 is 6.01 Å². The summed E-state index contributed by atoms with van der Waals surface area (Å²) in [5.74, 6) is -5.08. The van der Waals surface area contributed by atoms with Gasteiger partial charge in [0.1, 0.15) is 6.61 Å². The number of aliphatic hydroxyl groups is 1. The van der Waals surface area contributed by atoms with Gasteiger partial charge in [-0.2, -0.15) is 15.0 Å². The van der Waals surface area contributed by atoms with Crippen molar-refractivity contribution in [1.29, 1.82) is 0 Å². The van der Waals surface area contributed by atoms with Crippen molar-refractivity contribution in [2.45, 2.75) is 44.1 Å². The molecule has 12 nitrogen and oxygen atoms in total. The van der Waals surface area contributed by atoms with Crippen LogP contribution in [-0.4, -0.2) is 75.1 Å². The molecule has 0 radical (unpaired) electrons. The number of nitrogens with zero attached hydrogens (tertiary/aromatic N) is 5. The molecule has 6 N–H and O–H groups in total. The quantitative estimate of drug-likeness (QED) is 0.373. The van der Waals surface area contributed by atoms with Gasteiger partial charge in [0.25, 0.3) is 17.7 Å². The van der Waals surface area contributed by atoms with Gasteiger partial charge in [-0.15, -0.1) is 0 Å². The van der Waals surface area contributed by atoms with E-state index >= 15 is 0 Å². The maximum atomic E-state index is 13.3. The largest absolute Gasteiger partial charge is 0.463 e. The number of hydrogen-bond donors (Lipinski definition) is 4. The van der Waals surface area contributed by atoms with Crippen molar-refractivity contribution >= 4 is 23.5 Å². The number of carbonyl (C=O) groups is 2. The summed E-state index contributed by atoms with van der Waals surface area (Å²) in [6.07, 6.45) is 0.999. The fourth-order valence-electron chi connectivity index (χ4n) is 3.90. The van der Waals surface area contributed by atoms with Gasteiger partial charge in [0.15, 0.2) is 5.69 Å². The Morgan fingerprint density at radius 2 is 1.94 bits per heavy atom. The van der Waals surface area contributed by atoms with Crippen molar-refractivity contribution in [2.75, 3.05) is 36.9 Å². The Hall–Kier alpha value is -3.68. The number of nitrogens with one attached hydrogen (secondary N) is 1. The molecule has 14 heteroatoms. The van der Waals surface area contributed by atoms with Crippen LogP contribution in [0, 0.1) is 5.92 Å². The van der Waals surface area contributed by atoms with Gasteiger partial charge in [-0.3, -0.25) is 9.59 Å². The normalized spacial score (nSPS) is 20.0. The number of primary amides is 1. The number of pyridine rings is 1. The summed E-state index contributed by atoms with van der Waals surface area (Å²) in [6.45, 7) is 2.01. The van der Waals surface area contributed by atoms with Gasteiger partial charge in [0.2, 0.25) is 11.8 Å². The van der Waals surface area contributed by atoms with Crippen LogP contribution in [0.2, 0.25) is 0 Å². The Morgan fingerprint density at radius 1 is 1.25 bits per heavy atom. The third-order valence-electron chi connectivity index (χ3n) is 6.20.